The molecule has 0 amide bonds. The van der Waals surface area contributed by atoms with Crippen LogP contribution in [0.2, 0.25) is 0 Å². The molecule has 1 aromatic carbocycles. The van der Waals surface area contributed by atoms with E-state index in [1.165, 1.54) is 24.0 Å². The van der Waals surface area contributed by atoms with Gasteiger partial charge in [-0.3, -0.25) is 4.79 Å². The Kier molecular flexibility index (Phi) is 9.66. The van der Waals surface area contributed by atoms with E-state index in [-0.39, 0.29) is 0 Å². The van der Waals surface area contributed by atoms with Crippen molar-refractivity contribution in [2.45, 2.75) is 79.1 Å². The molecule has 23 heavy (non-hydrogen) atoms. The minimum Gasteiger partial charge on any atom is -0.493 e. The number of hydrogen-bond acceptors (Lipinski definition) is 2. The number of ketones is 1. The lowest BCUT2D eigenvalue weighted by Gasteiger charge is -2.15. The number of benzene rings is 1. The molecule has 130 valence electrons. The summed E-state index contributed by atoms with van der Waals surface area (Å²) in [4.78, 5) is 11.9. The van der Waals surface area contributed by atoms with Crippen LogP contribution in [-0.4, -0.2) is 12.4 Å². The van der Waals surface area contributed by atoms with Crippen LogP contribution in [-0.2, 0) is 17.6 Å². The molecule has 0 radical (unpaired) electrons. The highest BCUT2D eigenvalue weighted by Gasteiger charge is 2.10. The fourth-order valence-corrected chi connectivity index (χ4v) is 2.86. The topological polar surface area (TPSA) is 26.3 Å². The van der Waals surface area contributed by atoms with E-state index >= 15 is 0 Å². The van der Waals surface area contributed by atoms with E-state index in [4.69, 9.17) is 4.74 Å². The maximum atomic E-state index is 11.9. The number of unbranched alkanes of at least 4 members (excludes halogenated alkanes) is 2. The fourth-order valence-electron chi connectivity index (χ4n) is 2.86. The van der Waals surface area contributed by atoms with E-state index in [1.807, 2.05) is 0 Å². The van der Waals surface area contributed by atoms with Crippen molar-refractivity contribution in [3.05, 3.63) is 29.3 Å². The highest BCUT2D eigenvalue weighted by Crippen LogP contribution is 2.27. The Morgan fingerprint density at radius 1 is 1.09 bits per heavy atom. The molecular weight excluding hydrogens is 284 g/mol. The summed E-state index contributed by atoms with van der Waals surface area (Å²) >= 11 is 0. The van der Waals surface area contributed by atoms with Gasteiger partial charge >= 0.3 is 0 Å². The molecule has 0 spiro atoms. The summed E-state index contributed by atoms with van der Waals surface area (Å²) in [5, 5.41) is 0. The van der Waals surface area contributed by atoms with Crippen LogP contribution in [0.3, 0.4) is 0 Å². The summed E-state index contributed by atoms with van der Waals surface area (Å²) in [7, 11) is 0. The van der Waals surface area contributed by atoms with Crippen molar-refractivity contribution in [3.8, 4) is 5.75 Å². The predicted molar refractivity (Wildman–Crippen MR) is 98.2 cm³/mol. The Hall–Kier alpha value is -1.31. The number of Topliss-reactive ketones (excluding diaryl/α,β-unsaturated/α-hetero) is 1. The van der Waals surface area contributed by atoms with E-state index in [0.717, 1.165) is 38.0 Å². The average Bonchev–Trinajstić information content (AvgIpc) is 2.51. The summed E-state index contributed by atoms with van der Waals surface area (Å²) in [6, 6.07) is 6.42. The number of aryl methyl sites for hydroxylation is 2. The van der Waals surface area contributed by atoms with Crippen LogP contribution in [0.15, 0.2) is 18.2 Å². The number of carbonyl (C=O) groups excluding carboxylic acids is 1. The second-order valence-corrected chi connectivity index (χ2v) is 6.80. The van der Waals surface area contributed by atoms with Gasteiger partial charge in [-0.15, -0.1) is 0 Å². The molecule has 0 saturated heterocycles. The van der Waals surface area contributed by atoms with E-state index in [9.17, 15) is 4.79 Å². The SMILES string of the molecule is CCCCCOc1c(CC)cccc1CCCC(=O)CC(C)C. The summed E-state index contributed by atoms with van der Waals surface area (Å²) in [5.74, 6) is 1.92. The first-order valence-corrected chi connectivity index (χ1v) is 9.33. The van der Waals surface area contributed by atoms with E-state index in [0.29, 0.717) is 24.5 Å². The van der Waals surface area contributed by atoms with Gasteiger partial charge in [0.2, 0.25) is 0 Å². The molecule has 0 saturated carbocycles. The minimum atomic E-state index is 0.386. The number of ether oxygens (including phenoxy) is 1. The Labute approximate surface area is 142 Å². The summed E-state index contributed by atoms with van der Waals surface area (Å²) < 4.78 is 6.10. The van der Waals surface area contributed by atoms with Crippen molar-refractivity contribution in [2.24, 2.45) is 5.92 Å². The molecule has 0 heterocycles. The lowest BCUT2D eigenvalue weighted by atomic mass is 9.99. The number of para-hydroxylation sites is 1. The number of carbonyl (C=O) groups is 1. The quantitative estimate of drug-likeness (QED) is 0.458. The molecule has 2 nitrogen and oxygen atoms in total. The molecule has 0 aliphatic carbocycles. The van der Waals surface area contributed by atoms with E-state index in [1.54, 1.807) is 0 Å². The summed E-state index contributed by atoms with van der Waals surface area (Å²) in [5.41, 5.74) is 2.55. The second kappa shape index (κ2) is 11.3. The Morgan fingerprint density at radius 2 is 1.83 bits per heavy atom. The van der Waals surface area contributed by atoms with Gasteiger partial charge in [-0.05, 0) is 42.7 Å². The standard InChI is InChI=1S/C21H34O2/c1-5-7-8-15-23-21-18(6-2)11-9-12-19(21)13-10-14-20(22)16-17(3)4/h9,11-12,17H,5-8,10,13-16H2,1-4H3. The summed E-state index contributed by atoms with van der Waals surface area (Å²) in [6.45, 7) is 9.38. The lowest BCUT2D eigenvalue weighted by Crippen LogP contribution is -2.05. The third kappa shape index (κ3) is 7.67. The average molecular weight is 319 g/mol. The number of hydrogen-bond donors (Lipinski definition) is 0. The Morgan fingerprint density at radius 3 is 2.48 bits per heavy atom. The predicted octanol–water partition coefficient (Wildman–Crippen LogP) is 5.76. The van der Waals surface area contributed by atoms with Crippen LogP contribution in [0.25, 0.3) is 0 Å². The zero-order valence-corrected chi connectivity index (χ0v) is 15.5. The third-order valence-corrected chi connectivity index (χ3v) is 4.09. The van der Waals surface area contributed by atoms with Gasteiger partial charge in [0.15, 0.2) is 0 Å². The molecule has 1 aromatic rings. The van der Waals surface area contributed by atoms with Crippen molar-refractivity contribution in [2.75, 3.05) is 6.61 Å². The highest BCUT2D eigenvalue weighted by atomic mass is 16.5. The van der Waals surface area contributed by atoms with Crippen LogP contribution >= 0.6 is 0 Å². The second-order valence-electron chi connectivity index (χ2n) is 6.80. The normalized spacial score (nSPS) is 11.0. The van der Waals surface area contributed by atoms with Gasteiger partial charge in [0.05, 0.1) is 6.61 Å². The molecule has 0 bridgehead atoms. The zero-order valence-electron chi connectivity index (χ0n) is 15.5. The first-order chi connectivity index (χ1) is 11.1. The van der Waals surface area contributed by atoms with Gasteiger partial charge in [0.25, 0.3) is 0 Å². The van der Waals surface area contributed by atoms with Crippen LogP contribution in [0.5, 0.6) is 5.75 Å². The van der Waals surface area contributed by atoms with Gasteiger partial charge in [-0.1, -0.05) is 58.7 Å². The van der Waals surface area contributed by atoms with Gasteiger partial charge in [-0.2, -0.15) is 0 Å². The molecule has 0 N–H and O–H groups in total. The minimum absolute atomic E-state index is 0.386. The van der Waals surface area contributed by atoms with Crippen molar-refractivity contribution >= 4 is 5.78 Å². The van der Waals surface area contributed by atoms with Crippen LogP contribution in [0.1, 0.15) is 77.3 Å². The van der Waals surface area contributed by atoms with Crippen LogP contribution in [0, 0.1) is 5.92 Å². The van der Waals surface area contributed by atoms with Crippen molar-refractivity contribution < 1.29 is 9.53 Å². The van der Waals surface area contributed by atoms with Gasteiger partial charge in [0, 0.05) is 12.8 Å². The molecule has 0 aromatic heterocycles. The molecule has 0 fully saturated rings. The van der Waals surface area contributed by atoms with Gasteiger partial charge in [0.1, 0.15) is 11.5 Å². The maximum Gasteiger partial charge on any atom is 0.133 e. The Balaban J connectivity index is 2.60. The molecule has 2 heteroatoms. The van der Waals surface area contributed by atoms with Crippen LogP contribution in [0.4, 0.5) is 0 Å². The molecule has 0 atom stereocenters. The smallest absolute Gasteiger partial charge is 0.133 e. The Bertz CT molecular complexity index is 463. The first kappa shape index (κ1) is 19.7. The third-order valence-electron chi connectivity index (χ3n) is 4.09. The molecule has 0 aliphatic heterocycles. The molecule has 1 rings (SSSR count). The van der Waals surface area contributed by atoms with Crippen molar-refractivity contribution in [1.82, 2.24) is 0 Å². The molecule has 0 aliphatic rings. The molecule has 0 unspecified atom stereocenters. The lowest BCUT2D eigenvalue weighted by molar-refractivity contribution is -0.119. The number of rotatable bonds is 12. The van der Waals surface area contributed by atoms with Gasteiger partial charge < -0.3 is 4.74 Å². The monoisotopic (exact) mass is 318 g/mol. The largest absolute Gasteiger partial charge is 0.493 e. The molecular formula is C21H34O2. The van der Waals surface area contributed by atoms with Crippen molar-refractivity contribution in [3.63, 3.8) is 0 Å². The van der Waals surface area contributed by atoms with E-state index in [2.05, 4.69) is 45.9 Å². The van der Waals surface area contributed by atoms with Crippen molar-refractivity contribution in [1.29, 1.82) is 0 Å². The highest BCUT2D eigenvalue weighted by molar-refractivity contribution is 5.78. The van der Waals surface area contributed by atoms with Crippen LogP contribution < -0.4 is 4.74 Å². The first-order valence-electron chi connectivity index (χ1n) is 9.33. The summed E-state index contributed by atoms with van der Waals surface area (Å²) in [6.07, 6.45) is 7.77. The maximum absolute atomic E-state index is 11.9. The van der Waals surface area contributed by atoms with E-state index < -0.39 is 0 Å². The van der Waals surface area contributed by atoms with Gasteiger partial charge in [-0.25, -0.2) is 0 Å². The zero-order chi connectivity index (χ0) is 17.1. The fraction of sp³-hybridized carbons (Fsp3) is 0.667.